The Kier molecular flexibility index (Phi) is 7.71. The molecular formula is C32H30N2O5S. The molecule has 2 heterocycles. The Bertz CT molecular complexity index is 1570. The normalized spacial score (nSPS) is 15.2. The number of ketones is 1. The van der Waals surface area contributed by atoms with E-state index in [0.29, 0.717) is 44.9 Å². The summed E-state index contributed by atoms with van der Waals surface area (Å²) in [7, 11) is 0. The fourth-order valence-electron chi connectivity index (χ4n) is 4.75. The van der Waals surface area contributed by atoms with E-state index in [2.05, 4.69) is 4.98 Å². The van der Waals surface area contributed by atoms with Crippen molar-refractivity contribution in [3.63, 3.8) is 0 Å². The molecule has 0 aliphatic carbocycles. The Labute approximate surface area is 237 Å². The van der Waals surface area contributed by atoms with Gasteiger partial charge in [0.1, 0.15) is 16.5 Å². The van der Waals surface area contributed by atoms with Crippen LogP contribution in [0.25, 0.3) is 10.6 Å². The van der Waals surface area contributed by atoms with Gasteiger partial charge in [-0.25, -0.2) is 4.98 Å². The number of hydrogen-bond donors (Lipinski definition) is 1. The number of aliphatic hydroxyl groups is 1. The lowest BCUT2D eigenvalue weighted by Gasteiger charge is -2.27. The van der Waals surface area contributed by atoms with E-state index in [1.807, 2.05) is 69.3 Å². The molecule has 0 radical (unpaired) electrons. The van der Waals surface area contributed by atoms with E-state index >= 15 is 0 Å². The number of anilines is 1. The number of nitrogens with zero attached hydrogens (tertiary/aromatic N) is 2. The number of carbonyl (C=O) groups is 2. The third kappa shape index (κ3) is 5.22. The van der Waals surface area contributed by atoms with E-state index in [9.17, 15) is 14.7 Å². The monoisotopic (exact) mass is 554 g/mol. The van der Waals surface area contributed by atoms with Crippen LogP contribution in [-0.4, -0.2) is 34.5 Å². The van der Waals surface area contributed by atoms with E-state index in [1.165, 1.54) is 16.2 Å². The van der Waals surface area contributed by atoms with Crippen LogP contribution >= 0.6 is 11.3 Å². The van der Waals surface area contributed by atoms with Gasteiger partial charge in [0.25, 0.3) is 5.91 Å². The second-order valence-electron chi connectivity index (χ2n) is 9.63. The molecule has 1 aromatic heterocycles. The molecule has 0 spiro atoms. The fourth-order valence-corrected chi connectivity index (χ4v) is 5.78. The summed E-state index contributed by atoms with van der Waals surface area (Å²) in [5.74, 6) is -0.406. The minimum Gasteiger partial charge on any atom is -0.503 e. The van der Waals surface area contributed by atoms with Crippen LogP contribution in [-0.2, 0) is 4.79 Å². The molecule has 0 bridgehead atoms. The highest BCUT2D eigenvalue weighted by atomic mass is 32.1. The predicted molar refractivity (Wildman–Crippen MR) is 156 cm³/mol. The minimum absolute atomic E-state index is 0.00643. The molecule has 0 saturated heterocycles. The van der Waals surface area contributed by atoms with Crippen molar-refractivity contribution in [3.05, 3.63) is 106 Å². The van der Waals surface area contributed by atoms with Crippen LogP contribution < -0.4 is 14.4 Å². The molecule has 1 amide bonds. The zero-order valence-corrected chi connectivity index (χ0v) is 23.6. The zero-order chi connectivity index (χ0) is 28.4. The van der Waals surface area contributed by atoms with Crippen molar-refractivity contribution in [1.29, 1.82) is 0 Å². The van der Waals surface area contributed by atoms with Crippen LogP contribution in [0.5, 0.6) is 11.5 Å². The first kappa shape index (κ1) is 27.1. The summed E-state index contributed by atoms with van der Waals surface area (Å²) in [6.45, 7) is 8.02. The largest absolute Gasteiger partial charge is 0.503 e. The van der Waals surface area contributed by atoms with Crippen molar-refractivity contribution in [2.45, 2.75) is 39.8 Å². The number of ether oxygens (including phenoxy) is 2. The molecule has 1 aliphatic rings. The summed E-state index contributed by atoms with van der Waals surface area (Å²) in [6.07, 6.45) is -0.0658. The van der Waals surface area contributed by atoms with E-state index < -0.39 is 23.5 Å². The summed E-state index contributed by atoms with van der Waals surface area (Å²) >= 11 is 1.25. The van der Waals surface area contributed by atoms with Gasteiger partial charge < -0.3 is 14.6 Å². The maximum absolute atomic E-state index is 14.2. The summed E-state index contributed by atoms with van der Waals surface area (Å²) in [5.41, 5.74) is 2.59. The van der Waals surface area contributed by atoms with Gasteiger partial charge in [-0.1, -0.05) is 42.5 Å². The quantitative estimate of drug-likeness (QED) is 0.222. The molecule has 0 fully saturated rings. The molecule has 5 rings (SSSR count). The van der Waals surface area contributed by atoms with Gasteiger partial charge in [0.05, 0.1) is 34.9 Å². The van der Waals surface area contributed by atoms with Gasteiger partial charge in [-0.2, -0.15) is 0 Å². The van der Waals surface area contributed by atoms with Gasteiger partial charge in [-0.3, -0.25) is 14.5 Å². The van der Waals surface area contributed by atoms with Crippen molar-refractivity contribution in [2.75, 3.05) is 11.5 Å². The standard InChI is InChI=1S/C32H30N2O5S/c1-5-38-24-16-14-23(15-17-24)34-27(22-12-9-13-25(18-22)39-19(2)3)26(29(36)32(34)37)28(35)30-20(4)33-31(40-30)21-10-7-6-8-11-21/h6-19,27,36H,5H2,1-4H3. The predicted octanol–water partition coefficient (Wildman–Crippen LogP) is 7.09. The summed E-state index contributed by atoms with van der Waals surface area (Å²) in [6, 6.07) is 23.0. The van der Waals surface area contributed by atoms with Crippen LogP contribution in [0.1, 0.15) is 47.7 Å². The minimum atomic E-state index is -0.879. The Morgan fingerprint density at radius 1 is 1.02 bits per heavy atom. The molecule has 1 unspecified atom stereocenters. The molecule has 4 aromatic rings. The van der Waals surface area contributed by atoms with Gasteiger partial charge in [-0.05, 0) is 69.7 Å². The van der Waals surface area contributed by atoms with Crippen LogP contribution in [0.4, 0.5) is 5.69 Å². The third-order valence-corrected chi connectivity index (χ3v) is 7.65. The molecule has 8 heteroatoms. The highest BCUT2D eigenvalue weighted by Crippen LogP contribution is 2.44. The third-order valence-electron chi connectivity index (χ3n) is 6.45. The first-order chi connectivity index (χ1) is 19.3. The number of aliphatic hydroxyl groups excluding tert-OH is 1. The first-order valence-corrected chi connectivity index (χ1v) is 13.9. The van der Waals surface area contributed by atoms with Crippen molar-refractivity contribution in [1.82, 2.24) is 4.98 Å². The fraction of sp³-hybridized carbons (Fsp3) is 0.219. The van der Waals surface area contributed by atoms with Crippen molar-refractivity contribution in [3.8, 4) is 22.1 Å². The topological polar surface area (TPSA) is 89.0 Å². The highest BCUT2D eigenvalue weighted by Gasteiger charge is 2.45. The van der Waals surface area contributed by atoms with Gasteiger partial charge in [0.15, 0.2) is 5.76 Å². The lowest BCUT2D eigenvalue weighted by Crippen LogP contribution is -2.31. The Morgan fingerprint density at radius 2 is 1.75 bits per heavy atom. The van der Waals surface area contributed by atoms with Crippen LogP contribution in [0.15, 0.2) is 90.2 Å². The Balaban J connectivity index is 1.61. The number of Topliss-reactive ketones (excluding diaryl/α,β-unsaturated/α-hetero) is 1. The summed E-state index contributed by atoms with van der Waals surface area (Å²) in [4.78, 5) is 34.2. The van der Waals surface area contributed by atoms with Crippen molar-refractivity contribution >= 4 is 28.7 Å². The van der Waals surface area contributed by atoms with Gasteiger partial charge in [-0.15, -0.1) is 11.3 Å². The van der Waals surface area contributed by atoms with Crippen molar-refractivity contribution < 1.29 is 24.2 Å². The number of rotatable bonds is 9. The summed E-state index contributed by atoms with van der Waals surface area (Å²) in [5, 5.41) is 11.9. The number of carbonyl (C=O) groups excluding carboxylic acids is 2. The second-order valence-corrected chi connectivity index (χ2v) is 10.6. The van der Waals surface area contributed by atoms with E-state index in [4.69, 9.17) is 9.47 Å². The molecule has 40 heavy (non-hydrogen) atoms. The van der Waals surface area contributed by atoms with Crippen LogP contribution in [0.3, 0.4) is 0 Å². The van der Waals surface area contributed by atoms with Gasteiger partial charge in [0.2, 0.25) is 5.78 Å². The number of thiazole rings is 1. The lowest BCUT2D eigenvalue weighted by molar-refractivity contribution is -0.117. The Hall–Kier alpha value is -4.43. The number of aryl methyl sites for hydroxylation is 1. The number of benzene rings is 3. The molecule has 0 saturated carbocycles. The molecule has 1 atom stereocenters. The summed E-state index contributed by atoms with van der Waals surface area (Å²) < 4.78 is 11.5. The molecule has 1 N–H and O–H groups in total. The van der Waals surface area contributed by atoms with Crippen LogP contribution in [0, 0.1) is 6.92 Å². The average molecular weight is 555 g/mol. The van der Waals surface area contributed by atoms with E-state index in [1.54, 1.807) is 37.3 Å². The van der Waals surface area contributed by atoms with E-state index in [-0.39, 0.29) is 11.7 Å². The SMILES string of the molecule is CCOc1ccc(N2C(=O)C(O)=C(C(=O)c3sc(-c4ccccc4)nc3C)C2c2cccc(OC(C)C)c2)cc1. The van der Waals surface area contributed by atoms with Crippen molar-refractivity contribution in [2.24, 2.45) is 0 Å². The number of aromatic nitrogens is 1. The molecule has 7 nitrogen and oxygen atoms in total. The smallest absolute Gasteiger partial charge is 0.294 e. The van der Waals surface area contributed by atoms with Gasteiger partial charge in [0, 0.05) is 11.3 Å². The molecular weight excluding hydrogens is 524 g/mol. The maximum Gasteiger partial charge on any atom is 0.294 e. The van der Waals surface area contributed by atoms with E-state index in [0.717, 1.165) is 5.56 Å². The maximum atomic E-state index is 14.2. The lowest BCUT2D eigenvalue weighted by atomic mass is 9.94. The second kappa shape index (κ2) is 11.4. The zero-order valence-electron chi connectivity index (χ0n) is 22.8. The average Bonchev–Trinajstić information content (AvgIpc) is 3.46. The number of amides is 1. The molecule has 1 aliphatic heterocycles. The molecule has 3 aromatic carbocycles. The first-order valence-electron chi connectivity index (χ1n) is 13.1. The highest BCUT2D eigenvalue weighted by molar-refractivity contribution is 7.17. The van der Waals surface area contributed by atoms with Crippen LogP contribution in [0.2, 0.25) is 0 Å². The van der Waals surface area contributed by atoms with Gasteiger partial charge >= 0.3 is 0 Å². The number of hydrogen-bond acceptors (Lipinski definition) is 7. The Morgan fingerprint density at radius 3 is 2.42 bits per heavy atom. The molecule has 204 valence electrons.